The molecule has 0 bridgehead atoms. The van der Waals surface area contributed by atoms with E-state index in [0.717, 1.165) is 0 Å². The second-order valence-corrected chi connectivity index (χ2v) is 2.08. The Bertz CT molecular complexity index is 178. The van der Waals surface area contributed by atoms with Gasteiger partial charge in [0, 0.05) is 5.72 Å². The lowest BCUT2D eigenvalue weighted by Crippen LogP contribution is -2.11. The van der Waals surface area contributed by atoms with Gasteiger partial charge in [0.05, 0.1) is 0 Å². The molecule has 0 aliphatic heterocycles. The van der Waals surface area contributed by atoms with Gasteiger partial charge in [0.25, 0.3) is 0 Å². The molecule has 1 heterocycles. The van der Waals surface area contributed by atoms with E-state index >= 15 is 0 Å². The van der Waals surface area contributed by atoms with E-state index in [-0.39, 0.29) is 0 Å². The fourth-order valence-corrected chi connectivity index (χ4v) is 0.674. The Labute approximate surface area is 58.0 Å². The second-order valence-electron chi connectivity index (χ2n) is 1.33. The Balaban J connectivity index is 3.14. The van der Waals surface area contributed by atoms with Crippen molar-refractivity contribution in [2.45, 2.75) is 0 Å². The summed E-state index contributed by atoms with van der Waals surface area (Å²) < 4.78 is 0.565. The van der Waals surface area contributed by atoms with Gasteiger partial charge in [-0.25, -0.2) is 4.98 Å². The largest absolute Gasteiger partial charge is 0.364 e. The third kappa shape index (κ3) is 0.968. The van der Waals surface area contributed by atoms with E-state index < -0.39 is 0 Å². The predicted molar refractivity (Wildman–Crippen MR) is 37.1 cm³/mol. The maximum atomic E-state index is 5.30. The molecule has 8 heavy (non-hydrogen) atoms. The van der Waals surface area contributed by atoms with E-state index in [9.17, 15) is 0 Å². The topological polar surface area (TPSA) is 28.7 Å². The second kappa shape index (κ2) is 1.97. The van der Waals surface area contributed by atoms with E-state index in [0.29, 0.717) is 15.9 Å². The molecule has 0 fully saturated rings. The summed E-state index contributed by atoms with van der Waals surface area (Å²) in [5.41, 5.74) is 0.789. The average Bonchev–Trinajstić information content (AvgIpc) is 1.85. The zero-order chi connectivity index (χ0) is 6.15. The first-order valence-electron chi connectivity index (χ1n) is 1.96. The normalized spacial score (nSPS) is 9.62. The molecule has 2 nitrogen and oxygen atoms in total. The number of hydrogen-bond acceptors (Lipinski definition) is 1. The van der Waals surface area contributed by atoms with Gasteiger partial charge in [-0.2, -0.15) is 0 Å². The number of aromatic amines is 1. The Morgan fingerprint density at radius 3 is 2.25 bits per heavy atom. The Kier molecular flexibility index (Phi) is 1.47. The van der Waals surface area contributed by atoms with Crippen molar-refractivity contribution in [2.24, 2.45) is 0 Å². The van der Waals surface area contributed by atoms with Crippen LogP contribution in [0.1, 0.15) is 0 Å². The molecule has 0 aliphatic rings. The van der Waals surface area contributed by atoms with Crippen LogP contribution in [0.3, 0.4) is 0 Å². The van der Waals surface area contributed by atoms with Crippen molar-refractivity contribution in [1.29, 1.82) is 0 Å². The number of halogens is 1. The van der Waals surface area contributed by atoms with Crippen LogP contribution < -0.4 is 11.3 Å². The zero-order valence-electron chi connectivity index (χ0n) is 3.98. The minimum atomic E-state index is 0.328. The smallest absolute Gasteiger partial charge is 0.167 e. The van der Waals surface area contributed by atoms with Crippen molar-refractivity contribution in [1.82, 2.24) is 9.97 Å². The zero-order valence-corrected chi connectivity index (χ0v) is 5.57. The van der Waals surface area contributed by atoms with Crippen molar-refractivity contribution in [3.63, 3.8) is 0 Å². The van der Waals surface area contributed by atoms with Crippen LogP contribution >= 0.6 is 15.9 Å². The van der Waals surface area contributed by atoms with E-state index in [2.05, 4.69) is 25.9 Å². The molecule has 0 aliphatic carbocycles. The molecule has 1 N–H and O–H groups in total. The number of rotatable bonds is 0. The maximum Gasteiger partial charge on any atom is 0.167 e. The van der Waals surface area contributed by atoms with Crippen LogP contribution in [0.2, 0.25) is 0 Å². The van der Waals surface area contributed by atoms with Gasteiger partial charge >= 0.3 is 0 Å². The van der Waals surface area contributed by atoms with Crippen LogP contribution in [0.25, 0.3) is 0 Å². The van der Waals surface area contributed by atoms with Gasteiger partial charge in [-0.05, 0) is 21.5 Å². The average molecular weight is 167 g/mol. The third-order valence-electron chi connectivity index (χ3n) is 0.704. The lowest BCUT2D eigenvalue weighted by Gasteiger charge is -1.78. The van der Waals surface area contributed by atoms with Crippen LogP contribution in [0.4, 0.5) is 0 Å². The number of aromatic nitrogens is 2. The van der Waals surface area contributed by atoms with Gasteiger partial charge in [-0.3, -0.25) is 0 Å². The molecule has 0 spiro atoms. The van der Waals surface area contributed by atoms with Gasteiger partial charge in [-0.15, -0.1) is 0 Å². The number of nitrogens with zero attached hydrogens (tertiary/aromatic N) is 1. The molecule has 0 unspecified atom stereocenters. The third-order valence-corrected chi connectivity index (χ3v) is 1.31. The molecule has 4 radical (unpaired) electrons. The van der Waals surface area contributed by atoms with Crippen LogP contribution in [-0.4, -0.2) is 25.7 Å². The Hall–Kier alpha value is -0.180. The summed E-state index contributed by atoms with van der Waals surface area (Å²) in [7, 11) is 10.5. The van der Waals surface area contributed by atoms with Gasteiger partial charge in [0.2, 0.25) is 0 Å². The molecule has 5 heteroatoms. The maximum absolute atomic E-state index is 5.30. The molecule has 1 aromatic heterocycles. The highest BCUT2D eigenvalue weighted by atomic mass is 79.9. The van der Waals surface area contributed by atoms with Crippen molar-refractivity contribution in [3.8, 4) is 0 Å². The Morgan fingerprint density at radius 1 is 1.50 bits per heavy atom. The van der Waals surface area contributed by atoms with Crippen LogP contribution in [0.5, 0.6) is 0 Å². The highest BCUT2D eigenvalue weighted by molar-refractivity contribution is 9.10. The number of H-pyrrole nitrogens is 1. The summed E-state index contributed by atoms with van der Waals surface area (Å²) in [6, 6.07) is 0. The van der Waals surface area contributed by atoms with Crippen molar-refractivity contribution < 1.29 is 0 Å². The standard InChI is InChI=1S/C3HB2BrN2/c4-1-2(6)8-3(5)7-1/h(H,7,8). The minimum absolute atomic E-state index is 0.328. The lowest BCUT2D eigenvalue weighted by molar-refractivity contribution is 1.39. The summed E-state index contributed by atoms with van der Waals surface area (Å²) in [5.74, 6) is 0. The number of hydrogen-bond donors (Lipinski definition) is 1. The molecule has 0 saturated carbocycles. The SMILES string of the molecule is [B]c1nc(Br)c([B])[nH]1. The number of nitrogens with one attached hydrogen (secondary N) is 1. The summed E-state index contributed by atoms with van der Waals surface area (Å²) in [6.45, 7) is 0. The van der Waals surface area contributed by atoms with Crippen molar-refractivity contribution in [3.05, 3.63) is 4.60 Å². The fraction of sp³-hybridized carbons (Fsp3) is 0. The molecule has 0 saturated heterocycles. The van der Waals surface area contributed by atoms with Crippen LogP contribution in [0, 0.1) is 0 Å². The van der Waals surface area contributed by atoms with Crippen LogP contribution in [-0.2, 0) is 0 Å². The predicted octanol–water partition coefficient (Wildman–Crippen LogP) is -1.24. The van der Waals surface area contributed by atoms with E-state index in [1.807, 2.05) is 0 Å². The molecule has 1 aromatic rings. The molecular weight excluding hydrogens is 166 g/mol. The Morgan fingerprint density at radius 2 is 2.12 bits per heavy atom. The van der Waals surface area contributed by atoms with E-state index in [1.54, 1.807) is 0 Å². The summed E-state index contributed by atoms with van der Waals surface area (Å²) in [5, 5.41) is 0. The first-order valence-corrected chi connectivity index (χ1v) is 2.76. The number of imidazole rings is 1. The molecule has 0 atom stereocenters. The van der Waals surface area contributed by atoms with Crippen molar-refractivity contribution in [2.75, 3.05) is 0 Å². The van der Waals surface area contributed by atoms with E-state index in [1.165, 1.54) is 0 Å². The summed E-state index contributed by atoms with van der Waals surface area (Å²) in [4.78, 5) is 6.33. The molecule has 0 amide bonds. The highest BCUT2D eigenvalue weighted by Gasteiger charge is 1.95. The quantitative estimate of drug-likeness (QED) is 0.480. The lowest BCUT2D eigenvalue weighted by atomic mass is 10.1. The molecule has 36 valence electrons. The molecule has 1 rings (SSSR count). The van der Waals surface area contributed by atoms with Gasteiger partial charge in [0.1, 0.15) is 12.4 Å². The highest BCUT2D eigenvalue weighted by Crippen LogP contribution is 1.93. The van der Waals surface area contributed by atoms with Gasteiger partial charge < -0.3 is 4.98 Å². The fourth-order valence-electron chi connectivity index (χ4n) is 0.383. The molecular formula is C3HB2BrN2. The first-order chi connectivity index (χ1) is 3.70. The van der Waals surface area contributed by atoms with E-state index in [4.69, 9.17) is 15.7 Å². The van der Waals surface area contributed by atoms with Crippen LogP contribution in [0.15, 0.2) is 4.60 Å². The summed E-state index contributed by atoms with van der Waals surface area (Å²) >= 11 is 3.07. The summed E-state index contributed by atoms with van der Waals surface area (Å²) in [6.07, 6.45) is 0. The van der Waals surface area contributed by atoms with Gasteiger partial charge in [-0.1, -0.05) is 0 Å². The molecule has 0 aromatic carbocycles. The minimum Gasteiger partial charge on any atom is -0.364 e. The van der Waals surface area contributed by atoms with Gasteiger partial charge in [0.15, 0.2) is 7.85 Å². The van der Waals surface area contributed by atoms with Crippen molar-refractivity contribution >= 4 is 42.9 Å². The monoisotopic (exact) mass is 166 g/mol. The first kappa shape index (κ1) is 5.95.